The fourth-order valence-corrected chi connectivity index (χ4v) is 4.33. The van der Waals surface area contributed by atoms with Gasteiger partial charge >= 0.3 is 0 Å². The first-order valence-corrected chi connectivity index (χ1v) is 10.5. The van der Waals surface area contributed by atoms with E-state index in [-0.39, 0.29) is 0 Å². The second-order valence-corrected chi connectivity index (χ2v) is 8.19. The zero-order valence-corrected chi connectivity index (χ0v) is 16.2. The molecule has 0 unspecified atom stereocenters. The summed E-state index contributed by atoms with van der Waals surface area (Å²) in [6, 6.07) is 8.68. The Hall–Kier alpha value is -2.35. The number of nitrogens with zero attached hydrogens (tertiary/aromatic N) is 6. The normalized spacial score (nSPS) is 17.0. The molecule has 140 valence electrons. The van der Waals surface area contributed by atoms with Crippen molar-refractivity contribution >= 4 is 17.7 Å². The van der Waals surface area contributed by atoms with Gasteiger partial charge in [0.15, 0.2) is 5.16 Å². The van der Waals surface area contributed by atoms with Crippen molar-refractivity contribution in [1.82, 2.24) is 24.9 Å². The maximum absolute atomic E-state index is 5.45. The predicted octanol–water partition coefficient (Wildman–Crippen LogP) is 3.86. The number of rotatable bonds is 6. The molecule has 5 rings (SSSR count). The first kappa shape index (κ1) is 16.8. The Kier molecular flexibility index (Phi) is 4.35. The van der Waals surface area contributed by atoms with Crippen LogP contribution in [0.15, 0.2) is 33.9 Å². The third-order valence-corrected chi connectivity index (χ3v) is 5.94. The van der Waals surface area contributed by atoms with Gasteiger partial charge in [0.25, 0.3) is 0 Å². The minimum absolute atomic E-state index is 0.545. The summed E-state index contributed by atoms with van der Waals surface area (Å²) in [5.41, 5.74) is 2.16. The molecule has 0 bridgehead atoms. The molecule has 27 heavy (non-hydrogen) atoms. The van der Waals surface area contributed by atoms with E-state index in [1.54, 1.807) is 11.8 Å². The Labute approximate surface area is 162 Å². The first-order valence-electron chi connectivity index (χ1n) is 9.50. The van der Waals surface area contributed by atoms with Gasteiger partial charge in [-0.15, -0.1) is 10.2 Å². The zero-order valence-electron chi connectivity index (χ0n) is 15.3. The minimum atomic E-state index is 0.545. The van der Waals surface area contributed by atoms with Gasteiger partial charge in [0.1, 0.15) is 0 Å². The highest BCUT2D eigenvalue weighted by Crippen LogP contribution is 2.41. The van der Waals surface area contributed by atoms with E-state index in [4.69, 9.17) is 4.52 Å². The number of aryl methyl sites for hydroxylation is 1. The quantitative estimate of drug-likeness (QED) is 0.599. The first-order chi connectivity index (χ1) is 13.3. The lowest BCUT2D eigenvalue weighted by Gasteiger charge is -2.17. The van der Waals surface area contributed by atoms with Crippen molar-refractivity contribution in [2.24, 2.45) is 0 Å². The second-order valence-electron chi connectivity index (χ2n) is 7.25. The highest BCUT2D eigenvalue weighted by Gasteiger charge is 2.32. The Balaban J connectivity index is 1.32. The lowest BCUT2D eigenvalue weighted by atomic mass is 10.1. The number of hydrogen-bond acceptors (Lipinski definition) is 7. The Morgan fingerprint density at radius 2 is 2.04 bits per heavy atom. The summed E-state index contributed by atoms with van der Waals surface area (Å²) in [6.45, 7) is 4.22. The van der Waals surface area contributed by atoms with E-state index >= 15 is 0 Å². The molecule has 2 fully saturated rings. The van der Waals surface area contributed by atoms with Crippen LogP contribution in [-0.2, 0) is 5.75 Å². The molecule has 0 amide bonds. The number of anilines is 1. The summed E-state index contributed by atoms with van der Waals surface area (Å²) in [7, 11) is 0. The third-order valence-electron chi connectivity index (χ3n) is 5.02. The number of aromatic nitrogens is 5. The van der Waals surface area contributed by atoms with Gasteiger partial charge in [0, 0.05) is 24.7 Å². The highest BCUT2D eigenvalue weighted by atomic mass is 32.2. The topological polar surface area (TPSA) is 72.9 Å². The summed E-state index contributed by atoms with van der Waals surface area (Å²) in [5, 5.41) is 14.0. The molecule has 2 aliphatic rings. The smallest absolute Gasteiger partial charge is 0.237 e. The van der Waals surface area contributed by atoms with Crippen LogP contribution in [0, 0.1) is 6.92 Å². The van der Waals surface area contributed by atoms with Crippen molar-refractivity contribution in [3.05, 3.63) is 35.7 Å². The summed E-state index contributed by atoms with van der Waals surface area (Å²) in [6.07, 6.45) is 4.91. The Bertz CT molecular complexity index is 941. The molecule has 1 aliphatic carbocycles. The van der Waals surface area contributed by atoms with Crippen molar-refractivity contribution in [2.45, 2.75) is 49.6 Å². The standard InChI is InChI=1S/C19H22N6OS/c1-13-5-4-6-14(11-13)17-20-16(26-23-17)12-27-19-22-21-18(24-9-2-3-10-24)25(19)15-7-8-15/h4-6,11,15H,2-3,7-10,12H2,1H3. The summed E-state index contributed by atoms with van der Waals surface area (Å²) < 4.78 is 7.77. The van der Waals surface area contributed by atoms with Crippen molar-refractivity contribution < 1.29 is 4.52 Å². The molecule has 3 aromatic rings. The van der Waals surface area contributed by atoms with Gasteiger partial charge in [-0.3, -0.25) is 4.57 Å². The van der Waals surface area contributed by atoms with Crippen LogP contribution in [0.1, 0.15) is 43.2 Å². The van der Waals surface area contributed by atoms with Crippen LogP contribution in [0.5, 0.6) is 0 Å². The van der Waals surface area contributed by atoms with Gasteiger partial charge in [-0.25, -0.2) is 0 Å². The van der Waals surface area contributed by atoms with Gasteiger partial charge in [0.2, 0.25) is 17.7 Å². The molecular weight excluding hydrogens is 360 g/mol. The molecule has 3 heterocycles. The maximum Gasteiger partial charge on any atom is 0.237 e. The lowest BCUT2D eigenvalue weighted by Crippen LogP contribution is -2.22. The Morgan fingerprint density at radius 1 is 1.19 bits per heavy atom. The number of hydrogen-bond donors (Lipinski definition) is 0. The zero-order chi connectivity index (χ0) is 18.2. The molecule has 1 aromatic carbocycles. The molecule has 1 saturated carbocycles. The largest absolute Gasteiger partial charge is 0.341 e. The summed E-state index contributed by atoms with van der Waals surface area (Å²) >= 11 is 1.63. The van der Waals surface area contributed by atoms with E-state index in [1.165, 1.54) is 31.2 Å². The summed E-state index contributed by atoms with van der Waals surface area (Å²) in [4.78, 5) is 6.90. The Morgan fingerprint density at radius 3 is 2.81 bits per heavy atom. The van der Waals surface area contributed by atoms with Crippen LogP contribution in [0.2, 0.25) is 0 Å². The molecule has 8 heteroatoms. The van der Waals surface area contributed by atoms with Gasteiger partial charge in [-0.2, -0.15) is 4.98 Å². The van der Waals surface area contributed by atoms with E-state index in [1.807, 2.05) is 12.1 Å². The number of benzene rings is 1. The van der Waals surface area contributed by atoms with E-state index < -0.39 is 0 Å². The fourth-order valence-electron chi connectivity index (χ4n) is 3.49. The van der Waals surface area contributed by atoms with E-state index in [0.29, 0.717) is 23.5 Å². The molecule has 2 aromatic heterocycles. The van der Waals surface area contributed by atoms with Gasteiger partial charge < -0.3 is 9.42 Å². The fraction of sp³-hybridized carbons (Fsp3) is 0.474. The van der Waals surface area contributed by atoms with E-state index in [0.717, 1.165) is 29.8 Å². The van der Waals surface area contributed by atoms with Gasteiger partial charge in [-0.1, -0.05) is 40.7 Å². The lowest BCUT2D eigenvalue weighted by molar-refractivity contribution is 0.391. The van der Waals surface area contributed by atoms with Crippen LogP contribution in [-0.4, -0.2) is 38.0 Å². The minimum Gasteiger partial charge on any atom is -0.341 e. The van der Waals surface area contributed by atoms with Crippen molar-refractivity contribution in [3.8, 4) is 11.4 Å². The monoisotopic (exact) mass is 382 g/mol. The molecule has 0 N–H and O–H groups in total. The molecule has 0 atom stereocenters. The van der Waals surface area contributed by atoms with Gasteiger partial charge in [0.05, 0.1) is 5.75 Å². The van der Waals surface area contributed by atoms with Crippen molar-refractivity contribution in [2.75, 3.05) is 18.0 Å². The highest BCUT2D eigenvalue weighted by molar-refractivity contribution is 7.98. The molecule has 7 nitrogen and oxygen atoms in total. The summed E-state index contributed by atoms with van der Waals surface area (Å²) in [5.74, 6) is 2.88. The molecule has 1 aliphatic heterocycles. The average molecular weight is 382 g/mol. The predicted molar refractivity (Wildman–Crippen MR) is 104 cm³/mol. The SMILES string of the molecule is Cc1cccc(-c2noc(CSc3nnc(N4CCCC4)n3C3CC3)n2)c1. The van der Waals surface area contributed by atoms with Crippen molar-refractivity contribution in [1.29, 1.82) is 0 Å². The maximum atomic E-state index is 5.45. The third kappa shape index (κ3) is 3.45. The van der Waals surface area contributed by atoms with E-state index in [9.17, 15) is 0 Å². The van der Waals surface area contributed by atoms with Crippen LogP contribution >= 0.6 is 11.8 Å². The molecule has 0 radical (unpaired) electrons. The second kappa shape index (κ2) is 6.99. The van der Waals surface area contributed by atoms with Crippen LogP contribution in [0.3, 0.4) is 0 Å². The van der Waals surface area contributed by atoms with Crippen LogP contribution in [0.25, 0.3) is 11.4 Å². The number of thioether (sulfide) groups is 1. The van der Waals surface area contributed by atoms with E-state index in [2.05, 4.69) is 48.9 Å². The van der Waals surface area contributed by atoms with Gasteiger partial charge in [-0.05, 0) is 38.7 Å². The molecule has 0 spiro atoms. The molecular formula is C19H22N6OS. The molecule has 1 saturated heterocycles. The van der Waals surface area contributed by atoms with Crippen LogP contribution < -0.4 is 4.90 Å². The van der Waals surface area contributed by atoms with Crippen molar-refractivity contribution in [3.63, 3.8) is 0 Å². The van der Waals surface area contributed by atoms with Crippen LogP contribution in [0.4, 0.5) is 5.95 Å². The average Bonchev–Trinajstić information content (AvgIpc) is 3.09.